The van der Waals surface area contributed by atoms with Crippen molar-refractivity contribution in [3.05, 3.63) is 36.2 Å². The molecule has 2 N–H and O–H groups in total. The normalized spacial score (nSPS) is 21.5. The molecule has 1 aromatic carbocycles. The van der Waals surface area contributed by atoms with Crippen LogP contribution in [-0.2, 0) is 14.8 Å². The fraction of sp³-hybridized carbons (Fsp3) is 0.500. The summed E-state index contributed by atoms with van der Waals surface area (Å²) in [6.07, 6.45) is 3.99. The first-order chi connectivity index (χ1) is 13.9. The van der Waals surface area contributed by atoms with Gasteiger partial charge in [0.25, 0.3) is 0 Å². The number of hydrogen-bond donors (Lipinski definition) is 2. The molecule has 1 aromatic heterocycles. The SMILES string of the molecule is Cc1cncc2cccc(S(=O)(=O)N3CC[C@@H](NC(=O)CN4CCNCC4)C3)c12. The van der Waals surface area contributed by atoms with Gasteiger partial charge in [0.05, 0.1) is 11.4 Å². The predicted octanol–water partition coefficient (Wildman–Crippen LogP) is 0.328. The van der Waals surface area contributed by atoms with E-state index in [1.165, 1.54) is 4.31 Å². The van der Waals surface area contributed by atoms with Gasteiger partial charge in [0, 0.05) is 68.5 Å². The van der Waals surface area contributed by atoms with Crippen LogP contribution < -0.4 is 10.6 Å². The molecule has 2 aromatic rings. The molecule has 0 spiro atoms. The van der Waals surface area contributed by atoms with Gasteiger partial charge in [0.1, 0.15) is 0 Å². The molecule has 0 saturated carbocycles. The molecule has 29 heavy (non-hydrogen) atoms. The van der Waals surface area contributed by atoms with Crippen molar-refractivity contribution in [3.8, 4) is 0 Å². The standard InChI is InChI=1S/C20H27N5O3S/c1-15-11-22-12-16-3-2-4-18(20(15)16)29(27,28)25-8-5-17(13-25)23-19(26)14-24-9-6-21-7-10-24/h2-4,11-12,17,21H,5-10,13-14H2,1H3,(H,23,26)/t17-/m1/s1. The fourth-order valence-corrected chi connectivity index (χ4v) is 5.92. The van der Waals surface area contributed by atoms with Gasteiger partial charge in [-0.25, -0.2) is 8.42 Å². The zero-order valence-corrected chi connectivity index (χ0v) is 17.4. The Morgan fingerprint density at radius 1 is 1.24 bits per heavy atom. The Bertz CT molecular complexity index is 999. The summed E-state index contributed by atoms with van der Waals surface area (Å²) >= 11 is 0. The molecule has 156 valence electrons. The largest absolute Gasteiger partial charge is 0.351 e. The van der Waals surface area contributed by atoms with E-state index in [1.54, 1.807) is 24.5 Å². The van der Waals surface area contributed by atoms with Gasteiger partial charge in [-0.2, -0.15) is 4.31 Å². The molecule has 1 atom stereocenters. The van der Waals surface area contributed by atoms with Crippen LogP contribution in [0.25, 0.3) is 10.8 Å². The average molecular weight is 418 g/mol. The third-order valence-corrected chi connectivity index (χ3v) is 7.55. The number of hydrogen-bond acceptors (Lipinski definition) is 6. The first kappa shape index (κ1) is 20.2. The Kier molecular flexibility index (Phi) is 5.82. The molecule has 2 aliphatic rings. The molecular formula is C20H27N5O3S. The van der Waals surface area contributed by atoms with E-state index in [0.29, 0.717) is 36.3 Å². The zero-order chi connectivity index (χ0) is 20.4. The maximum Gasteiger partial charge on any atom is 0.243 e. The van der Waals surface area contributed by atoms with E-state index in [4.69, 9.17) is 0 Å². The fourth-order valence-electron chi connectivity index (χ4n) is 4.14. The third-order valence-electron chi connectivity index (χ3n) is 5.65. The molecule has 8 nitrogen and oxygen atoms in total. The van der Waals surface area contributed by atoms with E-state index in [1.807, 2.05) is 13.0 Å². The second-order valence-electron chi connectivity index (χ2n) is 7.75. The smallest absolute Gasteiger partial charge is 0.243 e. The molecule has 2 aliphatic heterocycles. The van der Waals surface area contributed by atoms with E-state index < -0.39 is 10.0 Å². The summed E-state index contributed by atoms with van der Waals surface area (Å²) in [5, 5.41) is 7.80. The van der Waals surface area contributed by atoms with E-state index in [2.05, 4.69) is 20.5 Å². The van der Waals surface area contributed by atoms with Crippen LogP contribution in [0.1, 0.15) is 12.0 Å². The first-order valence-corrected chi connectivity index (χ1v) is 11.4. The van der Waals surface area contributed by atoms with Crippen LogP contribution >= 0.6 is 0 Å². The van der Waals surface area contributed by atoms with Crippen molar-refractivity contribution in [1.29, 1.82) is 0 Å². The number of nitrogens with one attached hydrogen (secondary N) is 2. The number of amides is 1. The lowest BCUT2D eigenvalue weighted by Gasteiger charge is -2.27. The topological polar surface area (TPSA) is 94.6 Å². The quantitative estimate of drug-likeness (QED) is 0.728. The van der Waals surface area contributed by atoms with Gasteiger partial charge in [-0.05, 0) is 25.0 Å². The van der Waals surface area contributed by atoms with E-state index in [9.17, 15) is 13.2 Å². The Labute approximate surface area is 171 Å². The molecule has 0 bridgehead atoms. The summed E-state index contributed by atoms with van der Waals surface area (Å²) in [7, 11) is -3.65. The van der Waals surface area contributed by atoms with Gasteiger partial charge >= 0.3 is 0 Å². The molecule has 2 fully saturated rings. The van der Waals surface area contributed by atoms with Crippen LogP contribution in [0.4, 0.5) is 0 Å². The lowest BCUT2D eigenvalue weighted by atomic mass is 10.1. The number of piperazine rings is 1. The maximum atomic E-state index is 13.3. The molecule has 0 aliphatic carbocycles. The Morgan fingerprint density at radius 2 is 2.03 bits per heavy atom. The molecule has 0 unspecified atom stereocenters. The number of carbonyl (C=O) groups is 1. The number of aryl methyl sites for hydroxylation is 1. The highest BCUT2D eigenvalue weighted by atomic mass is 32.2. The average Bonchev–Trinajstić information content (AvgIpc) is 3.18. The van der Waals surface area contributed by atoms with Gasteiger partial charge < -0.3 is 10.6 Å². The van der Waals surface area contributed by atoms with Crippen LogP contribution in [0, 0.1) is 6.92 Å². The lowest BCUT2D eigenvalue weighted by molar-refractivity contribution is -0.123. The molecule has 9 heteroatoms. The van der Waals surface area contributed by atoms with Crippen molar-refractivity contribution in [3.63, 3.8) is 0 Å². The van der Waals surface area contributed by atoms with Gasteiger partial charge in [-0.15, -0.1) is 0 Å². The highest BCUT2D eigenvalue weighted by Gasteiger charge is 2.34. The van der Waals surface area contributed by atoms with Gasteiger partial charge in [-0.1, -0.05) is 12.1 Å². The Morgan fingerprint density at radius 3 is 2.83 bits per heavy atom. The summed E-state index contributed by atoms with van der Waals surface area (Å²) in [5.41, 5.74) is 0.835. The van der Waals surface area contributed by atoms with Crippen LogP contribution in [0.3, 0.4) is 0 Å². The number of rotatable bonds is 5. The van der Waals surface area contributed by atoms with Crippen molar-refractivity contribution in [2.45, 2.75) is 24.3 Å². The second-order valence-corrected chi connectivity index (χ2v) is 9.66. The number of carbonyl (C=O) groups excluding carboxylic acids is 1. The summed E-state index contributed by atoms with van der Waals surface area (Å²) < 4.78 is 28.1. The van der Waals surface area contributed by atoms with E-state index >= 15 is 0 Å². The third kappa shape index (κ3) is 4.28. The molecular weight excluding hydrogens is 390 g/mol. The molecule has 3 heterocycles. The molecule has 4 rings (SSSR count). The van der Waals surface area contributed by atoms with Crippen LogP contribution in [0.2, 0.25) is 0 Å². The zero-order valence-electron chi connectivity index (χ0n) is 16.6. The van der Waals surface area contributed by atoms with Crippen LogP contribution in [0.5, 0.6) is 0 Å². The number of aromatic nitrogens is 1. The van der Waals surface area contributed by atoms with Crippen LogP contribution in [0.15, 0.2) is 35.5 Å². The highest BCUT2D eigenvalue weighted by molar-refractivity contribution is 7.89. The van der Waals surface area contributed by atoms with Crippen molar-refractivity contribution in [2.75, 3.05) is 45.8 Å². The van der Waals surface area contributed by atoms with Crippen molar-refractivity contribution >= 4 is 26.7 Å². The number of fused-ring (bicyclic) bond motifs is 1. The maximum absolute atomic E-state index is 13.3. The van der Waals surface area contributed by atoms with Gasteiger partial charge in [0.2, 0.25) is 15.9 Å². The minimum atomic E-state index is -3.65. The molecule has 1 amide bonds. The van der Waals surface area contributed by atoms with Gasteiger partial charge in [0.15, 0.2) is 0 Å². The minimum absolute atomic E-state index is 0.0387. The van der Waals surface area contributed by atoms with E-state index in [0.717, 1.165) is 37.1 Å². The first-order valence-electron chi connectivity index (χ1n) is 10.0. The molecule has 0 radical (unpaired) electrons. The number of sulfonamides is 1. The predicted molar refractivity (Wildman–Crippen MR) is 111 cm³/mol. The lowest BCUT2D eigenvalue weighted by Crippen LogP contribution is -2.49. The summed E-state index contributed by atoms with van der Waals surface area (Å²) in [6.45, 7) is 6.43. The Hall–Kier alpha value is -2.07. The number of nitrogens with zero attached hydrogens (tertiary/aromatic N) is 3. The Balaban J connectivity index is 1.45. The van der Waals surface area contributed by atoms with Crippen LogP contribution in [-0.4, -0.2) is 80.4 Å². The monoisotopic (exact) mass is 417 g/mol. The highest BCUT2D eigenvalue weighted by Crippen LogP contribution is 2.29. The second kappa shape index (κ2) is 8.35. The number of benzene rings is 1. The summed E-state index contributed by atoms with van der Waals surface area (Å²) in [5.74, 6) is -0.0387. The number of pyridine rings is 1. The molecule has 2 saturated heterocycles. The van der Waals surface area contributed by atoms with Crippen molar-refractivity contribution in [1.82, 2.24) is 24.8 Å². The van der Waals surface area contributed by atoms with E-state index in [-0.39, 0.29) is 11.9 Å². The van der Waals surface area contributed by atoms with Gasteiger partial charge in [-0.3, -0.25) is 14.7 Å². The van der Waals surface area contributed by atoms with Crippen molar-refractivity contribution < 1.29 is 13.2 Å². The summed E-state index contributed by atoms with van der Waals surface area (Å²) in [6, 6.07) is 5.12. The van der Waals surface area contributed by atoms with Crippen molar-refractivity contribution in [2.24, 2.45) is 0 Å². The summed E-state index contributed by atoms with van der Waals surface area (Å²) in [4.78, 5) is 18.9. The minimum Gasteiger partial charge on any atom is -0.351 e.